The Morgan fingerprint density at radius 2 is 1.74 bits per heavy atom. The van der Waals surface area contributed by atoms with Gasteiger partial charge in [0.2, 0.25) is 0 Å². The molecule has 0 N–H and O–H groups in total. The van der Waals surface area contributed by atoms with Gasteiger partial charge in [-0.2, -0.15) is 0 Å². The van der Waals surface area contributed by atoms with Gasteiger partial charge < -0.3 is 0 Å². The summed E-state index contributed by atoms with van der Waals surface area (Å²) in [5.74, 6) is 0. The highest BCUT2D eigenvalue weighted by molar-refractivity contribution is 7.22. The molecule has 6 rings (SSSR count). The van der Waals surface area contributed by atoms with Gasteiger partial charge in [0.05, 0.1) is 5.69 Å². The highest BCUT2D eigenvalue weighted by Gasteiger charge is 2.25. The van der Waals surface area contributed by atoms with E-state index in [1.165, 1.54) is 53.7 Å². The molecular formula is C28H24N2S. The van der Waals surface area contributed by atoms with Gasteiger partial charge in [-0.25, -0.2) is 0 Å². The molecular weight excluding hydrogens is 396 g/mol. The van der Waals surface area contributed by atoms with E-state index in [0.29, 0.717) is 0 Å². The van der Waals surface area contributed by atoms with E-state index in [1.807, 2.05) is 23.7 Å². The third-order valence-corrected chi connectivity index (χ3v) is 7.62. The van der Waals surface area contributed by atoms with Gasteiger partial charge in [-0.15, -0.1) is 11.3 Å². The van der Waals surface area contributed by atoms with Crippen molar-refractivity contribution in [1.82, 2.24) is 9.97 Å². The lowest BCUT2D eigenvalue weighted by Gasteiger charge is -2.23. The summed E-state index contributed by atoms with van der Waals surface area (Å²) >= 11 is 1.88. The fraction of sp³-hybridized carbons (Fsp3) is 0.214. The van der Waals surface area contributed by atoms with Crippen LogP contribution in [-0.4, -0.2) is 9.97 Å². The maximum atomic E-state index is 4.93. The second-order valence-corrected chi connectivity index (χ2v) is 10.5. The van der Waals surface area contributed by atoms with E-state index >= 15 is 0 Å². The molecule has 0 unspecified atom stereocenters. The molecule has 2 nitrogen and oxygen atoms in total. The Balaban J connectivity index is 1.66. The molecule has 0 spiro atoms. The average molecular weight is 421 g/mol. The summed E-state index contributed by atoms with van der Waals surface area (Å²) in [4.78, 5) is 10.9. The fourth-order valence-electron chi connectivity index (χ4n) is 4.94. The van der Waals surface area contributed by atoms with Gasteiger partial charge in [0.25, 0.3) is 0 Å². The molecule has 0 aliphatic heterocycles. The molecule has 5 aromatic rings. The van der Waals surface area contributed by atoms with Gasteiger partial charge in [0.15, 0.2) is 0 Å². The van der Waals surface area contributed by atoms with Crippen LogP contribution in [0.3, 0.4) is 0 Å². The van der Waals surface area contributed by atoms with E-state index in [1.54, 1.807) is 0 Å². The van der Waals surface area contributed by atoms with E-state index in [0.717, 1.165) is 18.5 Å². The molecule has 0 atom stereocenters. The maximum Gasteiger partial charge on any atom is 0.0792 e. The van der Waals surface area contributed by atoms with Gasteiger partial charge in [0.1, 0.15) is 0 Å². The third-order valence-electron chi connectivity index (χ3n) is 6.39. The van der Waals surface area contributed by atoms with Crippen molar-refractivity contribution in [1.29, 1.82) is 0 Å². The monoisotopic (exact) mass is 420 g/mol. The molecule has 0 bridgehead atoms. The number of aryl methyl sites for hydroxylation is 2. The van der Waals surface area contributed by atoms with Crippen LogP contribution >= 0.6 is 11.3 Å². The molecule has 0 radical (unpaired) electrons. The van der Waals surface area contributed by atoms with Crippen molar-refractivity contribution in [2.75, 3.05) is 0 Å². The highest BCUT2D eigenvalue weighted by Crippen LogP contribution is 2.46. The summed E-state index contributed by atoms with van der Waals surface area (Å²) in [5, 5.41) is 3.94. The Kier molecular flexibility index (Phi) is 4.06. The predicted octanol–water partition coefficient (Wildman–Crippen LogP) is 7.57. The Labute approximate surface area is 186 Å². The quantitative estimate of drug-likeness (QED) is 0.279. The standard InChI is InChI=1S/C28H24N2S/c1-28(2,3)22-16-18(15-17-7-4-5-8-19(17)22)26-25-21-10-11-23-20(9-6-13-29-23)27(21)31-24(25)12-14-30-26/h4-9,12-16H,10-11H2,1-3H3. The molecule has 3 heteroatoms. The van der Waals surface area contributed by atoms with Gasteiger partial charge in [-0.3, -0.25) is 9.97 Å². The Morgan fingerprint density at radius 3 is 2.61 bits per heavy atom. The van der Waals surface area contributed by atoms with Gasteiger partial charge in [0, 0.05) is 44.2 Å². The number of nitrogens with zero attached hydrogens (tertiary/aromatic N) is 2. The predicted molar refractivity (Wildman–Crippen MR) is 132 cm³/mol. The molecule has 0 fully saturated rings. The lowest BCUT2D eigenvalue weighted by atomic mass is 9.82. The van der Waals surface area contributed by atoms with Crippen LogP contribution < -0.4 is 0 Å². The van der Waals surface area contributed by atoms with Crippen molar-refractivity contribution in [3.8, 4) is 21.7 Å². The number of pyridine rings is 2. The minimum Gasteiger partial charge on any atom is -0.261 e. The van der Waals surface area contributed by atoms with Crippen LogP contribution in [0.25, 0.3) is 42.6 Å². The summed E-state index contributed by atoms with van der Waals surface area (Å²) in [7, 11) is 0. The number of hydrogen-bond donors (Lipinski definition) is 0. The van der Waals surface area contributed by atoms with Gasteiger partial charge in [-0.1, -0.05) is 51.1 Å². The largest absolute Gasteiger partial charge is 0.261 e. The van der Waals surface area contributed by atoms with Crippen LogP contribution in [0.1, 0.15) is 37.6 Å². The molecule has 3 heterocycles. The third kappa shape index (κ3) is 2.91. The first-order valence-electron chi connectivity index (χ1n) is 10.9. The first-order chi connectivity index (χ1) is 15.0. The molecule has 152 valence electrons. The summed E-state index contributed by atoms with van der Waals surface area (Å²) in [6.07, 6.45) is 5.90. The van der Waals surface area contributed by atoms with Crippen LogP contribution in [0, 0.1) is 0 Å². The highest BCUT2D eigenvalue weighted by atomic mass is 32.1. The van der Waals surface area contributed by atoms with Crippen molar-refractivity contribution >= 4 is 32.2 Å². The maximum absolute atomic E-state index is 4.93. The zero-order valence-electron chi connectivity index (χ0n) is 18.1. The molecule has 1 aliphatic rings. The van der Waals surface area contributed by atoms with Crippen molar-refractivity contribution in [2.45, 2.75) is 39.0 Å². The zero-order valence-corrected chi connectivity index (χ0v) is 18.9. The van der Waals surface area contributed by atoms with Crippen LogP contribution in [0.15, 0.2) is 67.0 Å². The first-order valence-corrected chi connectivity index (χ1v) is 11.7. The number of thiophene rings is 1. The fourth-order valence-corrected chi connectivity index (χ4v) is 6.23. The topological polar surface area (TPSA) is 25.8 Å². The normalized spacial score (nSPS) is 13.4. The minimum absolute atomic E-state index is 0.0577. The molecule has 31 heavy (non-hydrogen) atoms. The molecule has 0 saturated heterocycles. The van der Waals surface area contributed by atoms with Gasteiger partial charge >= 0.3 is 0 Å². The van der Waals surface area contributed by atoms with Crippen LogP contribution in [0.5, 0.6) is 0 Å². The summed E-state index contributed by atoms with van der Waals surface area (Å²) < 4.78 is 1.32. The van der Waals surface area contributed by atoms with Crippen LogP contribution in [-0.2, 0) is 18.3 Å². The van der Waals surface area contributed by atoms with E-state index < -0.39 is 0 Å². The lowest BCUT2D eigenvalue weighted by molar-refractivity contribution is 0.596. The van der Waals surface area contributed by atoms with Crippen molar-refractivity contribution in [3.63, 3.8) is 0 Å². The number of fused-ring (bicyclic) bond motifs is 6. The lowest BCUT2D eigenvalue weighted by Crippen LogP contribution is -2.12. The van der Waals surface area contributed by atoms with Crippen molar-refractivity contribution < 1.29 is 0 Å². The van der Waals surface area contributed by atoms with Crippen molar-refractivity contribution in [3.05, 3.63) is 83.8 Å². The molecule has 1 aliphatic carbocycles. The first kappa shape index (κ1) is 18.7. The molecule has 3 aromatic heterocycles. The van der Waals surface area contributed by atoms with Crippen LogP contribution in [0.2, 0.25) is 0 Å². The van der Waals surface area contributed by atoms with E-state index in [9.17, 15) is 0 Å². The second-order valence-electron chi connectivity index (χ2n) is 9.44. The Hall–Kier alpha value is -3.04. The number of aromatic nitrogens is 2. The number of benzene rings is 2. The molecule has 0 saturated carbocycles. The van der Waals surface area contributed by atoms with E-state index in [-0.39, 0.29) is 5.41 Å². The van der Waals surface area contributed by atoms with E-state index in [2.05, 4.69) is 80.4 Å². The molecule has 2 aromatic carbocycles. The summed E-state index contributed by atoms with van der Waals surface area (Å²) in [6.45, 7) is 6.88. The summed E-state index contributed by atoms with van der Waals surface area (Å²) in [5.41, 5.74) is 7.71. The number of hydrogen-bond acceptors (Lipinski definition) is 3. The number of rotatable bonds is 1. The molecule has 0 amide bonds. The zero-order chi connectivity index (χ0) is 21.2. The van der Waals surface area contributed by atoms with Crippen LogP contribution in [0.4, 0.5) is 0 Å². The second kappa shape index (κ2) is 6.73. The summed E-state index contributed by atoms with van der Waals surface area (Å²) in [6, 6.07) is 19.8. The van der Waals surface area contributed by atoms with E-state index in [4.69, 9.17) is 4.98 Å². The van der Waals surface area contributed by atoms with Gasteiger partial charge in [-0.05, 0) is 64.4 Å². The SMILES string of the molecule is CC(C)(C)c1cc(-c2nccc3sc4c(c23)CCc2ncccc2-4)cc2ccccc12. The minimum atomic E-state index is 0.0577. The Bertz CT molecular complexity index is 1470. The smallest absolute Gasteiger partial charge is 0.0792 e. The Morgan fingerprint density at radius 1 is 0.871 bits per heavy atom. The average Bonchev–Trinajstić information content (AvgIpc) is 3.17. The van der Waals surface area contributed by atoms with Crippen molar-refractivity contribution in [2.24, 2.45) is 0 Å².